The van der Waals surface area contributed by atoms with Gasteiger partial charge in [-0.15, -0.1) is 0 Å². The van der Waals surface area contributed by atoms with Crippen molar-refractivity contribution in [3.05, 3.63) is 132 Å². The SMILES string of the molecule is COC1(OC)C=CC=CC1CC(=O)c1ccccc1.O=C(c1ccccc1)c1ccccc1. The second-order valence-electron chi connectivity index (χ2n) is 7.53. The number of carbonyl (C=O) groups is 2. The maximum Gasteiger partial charge on any atom is 0.194 e. The first-order valence-corrected chi connectivity index (χ1v) is 10.8. The topological polar surface area (TPSA) is 52.6 Å². The minimum atomic E-state index is -0.848. The molecule has 1 aliphatic rings. The molecule has 1 unspecified atom stereocenters. The van der Waals surface area contributed by atoms with Gasteiger partial charge in [0.25, 0.3) is 0 Å². The number of hydrogen-bond acceptors (Lipinski definition) is 4. The predicted molar refractivity (Wildman–Crippen MR) is 130 cm³/mol. The number of methoxy groups -OCH3 is 2. The van der Waals surface area contributed by atoms with Crippen molar-refractivity contribution in [2.45, 2.75) is 12.2 Å². The monoisotopic (exact) mass is 440 g/mol. The number of Topliss-reactive ketones (excluding diaryl/α,β-unsaturated/α-hetero) is 1. The van der Waals surface area contributed by atoms with Crippen LogP contribution in [-0.2, 0) is 9.47 Å². The lowest BCUT2D eigenvalue weighted by Crippen LogP contribution is -2.41. The molecule has 0 aliphatic heterocycles. The Kier molecular flexibility index (Phi) is 8.64. The number of carbonyl (C=O) groups excluding carboxylic acids is 2. The van der Waals surface area contributed by atoms with Crippen molar-refractivity contribution in [3.63, 3.8) is 0 Å². The van der Waals surface area contributed by atoms with E-state index in [4.69, 9.17) is 9.47 Å². The van der Waals surface area contributed by atoms with Crippen molar-refractivity contribution in [1.82, 2.24) is 0 Å². The summed E-state index contributed by atoms with van der Waals surface area (Å²) in [4.78, 5) is 24.1. The van der Waals surface area contributed by atoms with Gasteiger partial charge in [0.2, 0.25) is 0 Å². The molecule has 0 saturated carbocycles. The van der Waals surface area contributed by atoms with Crippen LogP contribution in [0.5, 0.6) is 0 Å². The van der Waals surface area contributed by atoms with Crippen LogP contribution < -0.4 is 0 Å². The molecule has 0 spiro atoms. The largest absolute Gasteiger partial charge is 0.349 e. The lowest BCUT2D eigenvalue weighted by atomic mass is 9.87. The molecular weight excluding hydrogens is 412 g/mol. The maximum atomic E-state index is 12.3. The molecule has 0 aromatic heterocycles. The maximum absolute atomic E-state index is 12.3. The molecule has 0 saturated heterocycles. The molecular formula is C29H28O4. The Morgan fingerprint density at radius 1 is 0.697 bits per heavy atom. The van der Waals surface area contributed by atoms with E-state index in [2.05, 4.69) is 0 Å². The lowest BCUT2D eigenvalue weighted by Gasteiger charge is -2.35. The van der Waals surface area contributed by atoms with Crippen molar-refractivity contribution in [1.29, 1.82) is 0 Å². The smallest absolute Gasteiger partial charge is 0.194 e. The number of ether oxygens (including phenoxy) is 2. The number of allylic oxidation sites excluding steroid dienone is 2. The highest BCUT2D eigenvalue weighted by molar-refractivity contribution is 6.08. The van der Waals surface area contributed by atoms with Crippen LogP contribution in [0.1, 0.15) is 32.7 Å². The van der Waals surface area contributed by atoms with Crippen LogP contribution in [0.15, 0.2) is 115 Å². The fourth-order valence-corrected chi connectivity index (χ4v) is 3.67. The van der Waals surface area contributed by atoms with Gasteiger partial charge < -0.3 is 9.47 Å². The van der Waals surface area contributed by atoms with Crippen LogP contribution >= 0.6 is 0 Å². The third-order valence-corrected chi connectivity index (χ3v) is 5.51. The van der Waals surface area contributed by atoms with Crippen molar-refractivity contribution in [2.75, 3.05) is 14.2 Å². The van der Waals surface area contributed by atoms with Gasteiger partial charge in [-0.1, -0.05) is 109 Å². The fourth-order valence-electron chi connectivity index (χ4n) is 3.67. The molecule has 0 bridgehead atoms. The normalized spacial score (nSPS) is 15.9. The average molecular weight is 441 g/mol. The molecule has 0 radical (unpaired) electrons. The molecule has 0 amide bonds. The van der Waals surface area contributed by atoms with Crippen LogP contribution in [-0.4, -0.2) is 31.6 Å². The molecule has 1 atom stereocenters. The zero-order valence-corrected chi connectivity index (χ0v) is 18.9. The Bertz CT molecular complexity index is 1040. The first-order chi connectivity index (χ1) is 16.1. The summed E-state index contributed by atoms with van der Waals surface area (Å²) in [6.45, 7) is 0. The first-order valence-electron chi connectivity index (χ1n) is 10.8. The van der Waals surface area contributed by atoms with Gasteiger partial charge in [-0.3, -0.25) is 9.59 Å². The van der Waals surface area contributed by atoms with Crippen LogP contribution in [0.2, 0.25) is 0 Å². The Labute approximate surface area is 195 Å². The Balaban J connectivity index is 0.000000194. The van der Waals surface area contributed by atoms with Crippen LogP contribution in [0.3, 0.4) is 0 Å². The summed E-state index contributed by atoms with van der Waals surface area (Å²) >= 11 is 0. The van der Waals surface area contributed by atoms with E-state index < -0.39 is 5.79 Å². The molecule has 168 valence electrons. The van der Waals surface area contributed by atoms with E-state index in [-0.39, 0.29) is 17.5 Å². The molecule has 0 N–H and O–H groups in total. The van der Waals surface area contributed by atoms with Crippen molar-refractivity contribution < 1.29 is 19.1 Å². The molecule has 4 rings (SSSR count). The molecule has 3 aromatic carbocycles. The van der Waals surface area contributed by atoms with Gasteiger partial charge in [-0.2, -0.15) is 0 Å². The summed E-state index contributed by atoms with van der Waals surface area (Å²) in [5.74, 6) is -0.811. The quantitative estimate of drug-likeness (QED) is 0.339. The van der Waals surface area contributed by atoms with E-state index in [1.165, 1.54) is 0 Å². The second kappa shape index (κ2) is 11.9. The summed E-state index contributed by atoms with van der Waals surface area (Å²) < 4.78 is 10.9. The van der Waals surface area contributed by atoms with Crippen LogP contribution in [0.4, 0.5) is 0 Å². The number of rotatable bonds is 7. The van der Waals surface area contributed by atoms with Crippen LogP contribution in [0.25, 0.3) is 0 Å². The van der Waals surface area contributed by atoms with Crippen LogP contribution in [0, 0.1) is 5.92 Å². The minimum Gasteiger partial charge on any atom is -0.349 e. The molecule has 0 fully saturated rings. The van der Waals surface area contributed by atoms with E-state index in [1.807, 2.05) is 115 Å². The molecule has 4 heteroatoms. The molecule has 0 heterocycles. The zero-order valence-electron chi connectivity index (χ0n) is 18.9. The third-order valence-electron chi connectivity index (χ3n) is 5.51. The Morgan fingerprint density at radius 2 is 1.15 bits per heavy atom. The highest BCUT2D eigenvalue weighted by atomic mass is 16.7. The minimum absolute atomic E-state index is 0.0752. The number of ketones is 2. The van der Waals surface area contributed by atoms with Gasteiger partial charge in [-0.05, 0) is 6.08 Å². The molecule has 33 heavy (non-hydrogen) atoms. The molecule has 1 aliphatic carbocycles. The Hall–Kier alpha value is -3.60. The standard InChI is InChI=1S/C16H18O3.C13H10O/c1-18-16(19-2)11-7-6-10-14(16)12-15(17)13-8-4-3-5-9-13;14-13(11-7-3-1-4-8-11)12-9-5-2-6-10-12/h3-11,14H,12H2,1-2H3;1-10H. The van der Waals surface area contributed by atoms with E-state index in [0.717, 1.165) is 11.1 Å². The summed E-state index contributed by atoms with van der Waals surface area (Å²) in [7, 11) is 3.18. The highest BCUT2D eigenvalue weighted by Crippen LogP contribution is 2.32. The van der Waals surface area contributed by atoms with E-state index >= 15 is 0 Å². The summed E-state index contributed by atoms with van der Waals surface area (Å²) in [6.07, 6.45) is 7.94. The number of hydrogen-bond donors (Lipinski definition) is 0. The predicted octanol–water partition coefficient (Wildman–Crippen LogP) is 5.91. The van der Waals surface area contributed by atoms with E-state index in [0.29, 0.717) is 12.0 Å². The first kappa shape index (κ1) is 24.1. The second-order valence-corrected chi connectivity index (χ2v) is 7.53. The van der Waals surface area contributed by atoms with Gasteiger partial charge in [-0.25, -0.2) is 0 Å². The van der Waals surface area contributed by atoms with Gasteiger partial charge in [0.1, 0.15) is 0 Å². The summed E-state index contributed by atoms with van der Waals surface area (Å²) in [5.41, 5.74) is 2.18. The molecule has 3 aromatic rings. The Morgan fingerprint density at radius 3 is 1.61 bits per heavy atom. The van der Waals surface area contributed by atoms with Gasteiger partial charge in [0.15, 0.2) is 17.4 Å². The van der Waals surface area contributed by atoms with Crippen molar-refractivity contribution in [3.8, 4) is 0 Å². The zero-order chi connectivity index (χ0) is 23.5. The van der Waals surface area contributed by atoms with Crippen molar-refractivity contribution in [2.24, 2.45) is 5.92 Å². The van der Waals surface area contributed by atoms with E-state index in [1.54, 1.807) is 14.2 Å². The van der Waals surface area contributed by atoms with Gasteiger partial charge >= 0.3 is 0 Å². The van der Waals surface area contributed by atoms with Crippen molar-refractivity contribution >= 4 is 11.6 Å². The lowest BCUT2D eigenvalue weighted by molar-refractivity contribution is -0.194. The number of benzene rings is 3. The molecule has 4 nitrogen and oxygen atoms in total. The van der Waals surface area contributed by atoms with E-state index in [9.17, 15) is 9.59 Å². The fraction of sp³-hybridized carbons (Fsp3) is 0.172. The highest BCUT2D eigenvalue weighted by Gasteiger charge is 2.37. The summed E-state index contributed by atoms with van der Waals surface area (Å²) in [5, 5.41) is 0. The average Bonchev–Trinajstić information content (AvgIpc) is 2.90. The van der Waals surface area contributed by atoms with Gasteiger partial charge in [0.05, 0.1) is 0 Å². The summed E-state index contributed by atoms with van der Waals surface area (Å²) in [6, 6.07) is 27.9. The third kappa shape index (κ3) is 6.22. The van der Waals surface area contributed by atoms with Gasteiger partial charge in [0, 0.05) is 43.2 Å².